The van der Waals surface area contributed by atoms with E-state index in [1.165, 1.54) is 22.7 Å². The van der Waals surface area contributed by atoms with Crippen molar-refractivity contribution in [3.05, 3.63) is 40.3 Å². The minimum absolute atomic E-state index is 0.249. The van der Waals surface area contributed by atoms with Crippen LogP contribution in [0.15, 0.2) is 45.2 Å². The van der Waals surface area contributed by atoms with Crippen molar-refractivity contribution < 1.29 is 8.42 Å². The van der Waals surface area contributed by atoms with Crippen LogP contribution in [0.4, 0.5) is 5.13 Å². The van der Waals surface area contributed by atoms with Crippen molar-refractivity contribution in [2.45, 2.75) is 4.90 Å². The maximum absolute atomic E-state index is 12.2. The van der Waals surface area contributed by atoms with Crippen molar-refractivity contribution in [1.29, 1.82) is 0 Å². The van der Waals surface area contributed by atoms with Gasteiger partial charge in [0, 0.05) is 23.1 Å². The number of hydrogen-bond acceptors (Lipinski definition) is 4. The zero-order valence-electron chi connectivity index (χ0n) is 8.87. The molecule has 0 spiro atoms. The Balaban J connectivity index is 2.40. The van der Waals surface area contributed by atoms with Gasteiger partial charge in [0.05, 0.1) is 4.90 Å². The van der Waals surface area contributed by atoms with Crippen LogP contribution >= 0.6 is 27.3 Å². The summed E-state index contributed by atoms with van der Waals surface area (Å²) in [5, 5.41) is 2.19. The zero-order chi connectivity index (χ0) is 12.5. The summed E-state index contributed by atoms with van der Waals surface area (Å²) in [6.07, 6.45) is 1.58. The van der Waals surface area contributed by atoms with E-state index >= 15 is 0 Å². The summed E-state index contributed by atoms with van der Waals surface area (Å²) in [5.41, 5.74) is 0. The van der Waals surface area contributed by atoms with E-state index in [1.54, 1.807) is 35.8 Å². The first-order chi connectivity index (χ1) is 8.01. The summed E-state index contributed by atoms with van der Waals surface area (Å²) in [4.78, 5) is 4.23. The maximum atomic E-state index is 12.2. The third kappa shape index (κ3) is 2.51. The lowest BCUT2D eigenvalue weighted by Crippen LogP contribution is -2.26. The highest BCUT2D eigenvalue weighted by Gasteiger charge is 2.22. The van der Waals surface area contributed by atoms with Crippen molar-refractivity contribution in [3.63, 3.8) is 0 Å². The van der Waals surface area contributed by atoms with Gasteiger partial charge in [0.15, 0.2) is 5.13 Å². The van der Waals surface area contributed by atoms with E-state index in [4.69, 9.17) is 0 Å². The number of anilines is 1. The van der Waals surface area contributed by atoms with Crippen LogP contribution in [0, 0.1) is 0 Å². The number of halogens is 1. The Morgan fingerprint density at radius 3 is 2.47 bits per heavy atom. The summed E-state index contributed by atoms with van der Waals surface area (Å²) in [6.45, 7) is 0. The fourth-order valence-corrected chi connectivity index (χ4v) is 3.49. The molecule has 0 aliphatic heterocycles. The van der Waals surface area contributed by atoms with Gasteiger partial charge in [-0.05, 0) is 24.3 Å². The average molecular weight is 333 g/mol. The molecular weight excluding hydrogens is 324 g/mol. The van der Waals surface area contributed by atoms with Crippen LogP contribution in [0.3, 0.4) is 0 Å². The van der Waals surface area contributed by atoms with Crippen molar-refractivity contribution in [2.24, 2.45) is 0 Å². The normalized spacial score (nSPS) is 11.4. The zero-order valence-corrected chi connectivity index (χ0v) is 12.1. The number of benzene rings is 1. The molecule has 90 valence electrons. The molecule has 0 saturated carbocycles. The molecule has 1 aromatic heterocycles. The second kappa shape index (κ2) is 4.75. The van der Waals surface area contributed by atoms with Crippen LogP contribution in [0.1, 0.15) is 0 Å². The Morgan fingerprint density at radius 1 is 1.29 bits per heavy atom. The summed E-state index contributed by atoms with van der Waals surface area (Å²) in [7, 11) is -2.02. The molecule has 2 aromatic rings. The number of aromatic nitrogens is 1. The molecule has 4 nitrogen and oxygen atoms in total. The average Bonchev–Trinajstić information content (AvgIpc) is 2.82. The highest BCUT2D eigenvalue weighted by molar-refractivity contribution is 9.10. The minimum Gasteiger partial charge on any atom is -0.244 e. The number of hydrogen-bond donors (Lipinski definition) is 0. The Labute approximate surface area is 112 Å². The second-order valence-electron chi connectivity index (χ2n) is 3.24. The molecule has 1 aromatic carbocycles. The molecule has 17 heavy (non-hydrogen) atoms. The molecule has 7 heteroatoms. The molecule has 0 amide bonds. The van der Waals surface area contributed by atoms with E-state index in [1.807, 2.05) is 0 Å². The van der Waals surface area contributed by atoms with Crippen molar-refractivity contribution >= 4 is 42.4 Å². The Bertz CT molecular complexity index is 594. The smallest absolute Gasteiger partial charge is 0.244 e. The third-order valence-electron chi connectivity index (χ3n) is 2.16. The molecule has 0 unspecified atom stereocenters. The van der Waals surface area contributed by atoms with Gasteiger partial charge in [0.1, 0.15) is 0 Å². The molecule has 0 radical (unpaired) electrons. The lowest BCUT2D eigenvalue weighted by atomic mass is 10.4. The lowest BCUT2D eigenvalue weighted by molar-refractivity contribution is 0.594. The summed E-state index contributed by atoms with van der Waals surface area (Å²) < 4.78 is 26.5. The van der Waals surface area contributed by atoms with Gasteiger partial charge >= 0.3 is 0 Å². The fourth-order valence-electron chi connectivity index (χ4n) is 1.24. The first-order valence-corrected chi connectivity index (χ1v) is 7.77. The van der Waals surface area contributed by atoms with Gasteiger partial charge in [-0.2, -0.15) is 0 Å². The number of sulfonamides is 1. The van der Waals surface area contributed by atoms with Gasteiger partial charge in [-0.25, -0.2) is 17.7 Å². The van der Waals surface area contributed by atoms with Crippen molar-refractivity contribution in [3.8, 4) is 0 Å². The van der Waals surface area contributed by atoms with Crippen molar-refractivity contribution in [1.82, 2.24) is 4.98 Å². The van der Waals surface area contributed by atoms with Crippen LogP contribution < -0.4 is 4.31 Å². The predicted molar refractivity (Wildman–Crippen MR) is 71.8 cm³/mol. The quantitative estimate of drug-likeness (QED) is 0.868. The molecule has 2 rings (SSSR count). The molecule has 0 fully saturated rings. The standard InChI is InChI=1S/C10H9BrN2O2S2/c1-13(10-12-6-7-16-10)17(14,15)9-4-2-8(11)3-5-9/h2-7H,1H3. The lowest BCUT2D eigenvalue weighted by Gasteiger charge is -2.16. The summed E-state index contributed by atoms with van der Waals surface area (Å²) in [6, 6.07) is 6.51. The SMILES string of the molecule is CN(c1nccs1)S(=O)(=O)c1ccc(Br)cc1. The molecular formula is C10H9BrN2O2S2. The number of rotatable bonds is 3. The van der Waals surface area contributed by atoms with E-state index in [0.717, 1.165) is 4.47 Å². The fraction of sp³-hybridized carbons (Fsp3) is 0.100. The van der Waals surface area contributed by atoms with E-state index in [9.17, 15) is 8.42 Å². The monoisotopic (exact) mass is 332 g/mol. The first-order valence-electron chi connectivity index (χ1n) is 4.66. The van der Waals surface area contributed by atoms with Gasteiger partial charge in [0.2, 0.25) is 0 Å². The van der Waals surface area contributed by atoms with E-state index in [0.29, 0.717) is 5.13 Å². The van der Waals surface area contributed by atoms with E-state index in [2.05, 4.69) is 20.9 Å². The number of thiazole rings is 1. The molecule has 0 aliphatic carbocycles. The second-order valence-corrected chi connectivity index (χ2v) is 7.00. The van der Waals surface area contributed by atoms with Crippen LogP contribution in [-0.4, -0.2) is 20.4 Å². The first kappa shape index (κ1) is 12.5. The summed E-state index contributed by atoms with van der Waals surface area (Å²) in [5.74, 6) is 0. The topological polar surface area (TPSA) is 50.3 Å². The van der Waals surface area contributed by atoms with Gasteiger partial charge in [-0.1, -0.05) is 15.9 Å². The van der Waals surface area contributed by atoms with Crippen LogP contribution in [0.2, 0.25) is 0 Å². The Morgan fingerprint density at radius 2 is 1.94 bits per heavy atom. The van der Waals surface area contributed by atoms with E-state index < -0.39 is 10.0 Å². The van der Waals surface area contributed by atoms with Crippen LogP contribution in [0.5, 0.6) is 0 Å². The highest BCUT2D eigenvalue weighted by atomic mass is 79.9. The summed E-state index contributed by atoms with van der Waals surface area (Å²) >= 11 is 4.55. The van der Waals surface area contributed by atoms with Crippen molar-refractivity contribution in [2.75, 3.05) is 11.4 Å². The predicted octanol–water partition coefficient (Wildman–Crippen LogP) is 2.73. The van der Waals surface area contributed by atoms with Crippen LogP contribution in [-0.2, 0) is 10.0 Å². The van der Waals surface area contributed by atoms with Gasteiger partial charge in [0.25, 0.3) is 10.0 Å². The largest absolute Gasteiger partial charge is 0.265 e. The Kier molecular flexibility index (Phi) is 3.50. The minimum atomic E-state index is -3.52. The molecule has 0 atom stereocenters. The van der Waals surface area contributed by atoms with Crippen LogP contribution in [0.25, 0.3) is 0 Å². The Hall–Kier alpha value is -0.920. The highest BCUT2D eigenvalue weighted by Crippen LogP contribution is 2.24. The maximum Gasteiger partial charge on any atom is 0.265 e. The molecule has 0 N–H and O–H groups in total. The van der Waals surface area contributed by atoms with Gasteiger partial charge in [-0.3, -0.25) is 0 Å². The molecule has 1 heterocycles. The number of nitrogens with zero attached hydrogens (tertiary/aromatic N) is 2. The van der Waals surface area contributed by atoms with Gasteiger partial charge < -0.3 is 0 Å². The van der Waals surface area contributed by atoms with E-state index in [-0.39, 0.29) is 4.90 Å². The van der Waals surface area contributed by atoms with Gasteiger partial charge in [-0.15, -0.1) is 11.3 Å². The molecule has 0 saturated heterocycles. The molecule has 0 aliphatic rings. The third-order valence-corrected chi connectivity index (χ3v) is 5.41. The molecule has 0 bridgehead atoms.